The molecule has 10 heteroatoms. The molecule has 0 aromatic heterocycles. The molecule has 0 radical (unpaired) electrons. The van der Waals surface area contributed by atoms with Gasteiger partial charge >= 0.3 is 24.1 Å². The van der Waals surface area contributed by atoms with Crippen molar-refractivity contribution in [3.63, 3.8) is 0 Å². The van der Waals surface area contributed by atoms with Crippen molar-refractivity contribution >= 4 is 24.1 Å². The first kappa shape index (κ1) is 35.9. The van der Waals surface area contributed by atoms with E-state index in [0.29, 0.717) is 12.2 Å². The molecule has 0 bridgehead atoms. The summed E-state index contributed by atoms with van der Waals surface area (Å²) in [6, 6.07) is 4.03. The fourth-order valence-corrected chi connectivity index (χ4v) is 3.46. The Hall–Kier alpha value is -3.14. The third-order valence-corrected chi connectivity index (χ3v) is 7.02. The van der Waals surface area contributed by atoms with Gasteiger partial charge in [-0.05, 0) is 49.3 Å². The lowest BCUT2D eigenvalue weighted by Gasteiger charge is -2.21. The summed E-state index contributed by atoms with van der Waals surface area (Å²) in [5.74, 6) is -1.84. The molecule has 1 N–H and O–H groups in total. The average molecular weight is 580 g/mol. The summed E-state index contributed by atoms with van der Waals surface area (Å²) in [5, 5.41) is 3.07. The van der Waals surface area contributed by atoms with Crippen LogP contribution >= 0.6 is 0 Å². The zero-order valence-electron chi connectivity index (χ0n) is 26.1. The molecule has 0 aliphatic heterocycles. The summed E-state index contributed by atoms with van der Waals surface area (Å²) in [6.45, 7) is 15.4. The second-order valence-electron chi connectivity index (χ2n) is 11.1. The first-order valence-corrected chi connectivity index (χ1v) is 14.5. The van der Waals surface area contributed by atoms with Crippen molar-refractivity contribution < 1.29 is 42.9 Å². The minimum atomic E-state index is -0.792. The van der Waals surface area contributed by atoms with Gasteiger partial charge in [0.15, 0.2) is 11.5 Å². The fourth-order valence-electron chi connectivity index (χ4n) is 3.46. The topological polar surface area (TPSA) is 126 Å². The number of hydrogen-bond acceptors (Lipinski definition) is 10. The molecule has 0 spiro atoms. The summed E-state index contributed by atoms with van der Waals surface area (Å²) in [7, 11) is 1.28. The molecular weight excluding hydrogens is 530 g/mol. The predicted octanol–water partition coefficient (Wildman–Crippen LogP) is 5.49. The van der Waals surface area contributed by atoms with Gasteiger partial charge in [0.2, 0.25) is 0 Å². The first-order chi connectivity index (χ1) is 19.3. The molecule has 1 rings (SSSR count). The van der Waals surface area contributed by atoms with Gasteiger partial charge in [-0.15, -0.1) is 0 Å². The Balaban J connectivity index is 3.06. The minimum Gasteiger partial charge on any atom is -0.468 e. The summed E-state index contributed by atoms with van der Waals surface area (Å²) in [5.41, 5.74) is 0.633. The number of esters is 3. The van der Waals surface area contributed by atoms with E-state index in [1.165, 1.54) is 7.11 Å². The Bertz CT molecular complexity index is 992. The monoisotopic (exact) mass is 579 g/mol. The maximum atomic E-state index is 12.8. The van der Waals surface area contributed by atoms with Crippen molar-refractivity contribution in [3.05, 3.63) is 23.8 Å². The van der Waals surface area contributed by atoms with Crippen LogP contribution in [0.1, 0.15) is 80.2 Å². The van der Waals surface area contributed by atoms with E-state index in [0.717, 1.165) is 19.3 Å². The van der Waals surface area contributed by atoms with E-state index in [1.807, 2.05) is 27.7 Å². The second kappa shape index (κ2) is 18.3. The maximum Gasteiger partial charge on any atom is 0.508 e. The lowest BCUT2D eigenvalue weighted by Crippen LogP contribution is -2.43. The van der Waals surface area contributed by atoms with Crippen molar-refractivity contribution in [1.29, 1.82) is 0 Å². The smallest absolute Gasteiger partial charge is 0.468 e. The quantitative estimate of drug-likeness (QED) is 0.144. The SMILES string of the molecule is CCCCCOC(=O)OC(C)CN[C@@H](Cc1ccc(OC(=O)C(C)C(C)C)c(OC(=O)C(C)C(C)C)c1)C(=O)OC. The van der Waals surface area contributed by atoms with E-state index in [4.69, 9.17) is 23.7 Å². The van der Waals surface area contributed by atoms with Gasteiger partial charge in [-0.1, -0.05) is 67.4 Å². The van der Waals surface area contributed by atoms with Gasteiger partial charge in [0.25, 0.3) is 0 Å². The number of unbranched alkanes of at least 4 members (excludes halogenated alkanes) is 2. The van der Waals surface area contributed by atoms with Crippen LogP contribution in [0.4, 0.5) is 4.79 Å². The van der Waals surface area contributed by atoms with E-state index < -0.39 is 36.2 Å². The zero-order valence-corrected chi connectivity index (χ0v) is 26.1. The van der Waals surface area contributed by atoms with Crippen LogP contribution in [0.25, 0.3) is 0 Å². The highest BCUT2D eigenvalue weighted by molar-refractivity contribution is 5.79. The van der Waals surface area contributed by atoms with Crippen LogP contribution in [0, 0.1) is 23.7 Å². The van der Waals surface area contributed by atoms with Gasteiger partial charge < -0.3 is 29.0 Å². The van der Waals surface area contributed by atoms with Crippen molar-refractivity contribution in [1.82, 2.24) is 5.32 Å². The number of carbonyl (C=O) groups excluding carboxylic acids is 4. The molecule has 0 fully saturated rings. The number of rotatable bonds is 17. The van der Waals surface area contributed by atoms with Crippen molar-refractivity contribution in [2.24, 2.45) is 23.7 Å². The lowest BCUT2D eigenvalue weighted by molar-refractivity contribution is -0.143. The molecule has 0 saturated carbocycles. The fraction of sp³-hybridized carbons (Fsp3) is 0.677. The summed E-state index contributed by atoms with van der Waals surface area (Å²) in [6.07, 6.45) is 1.58. The molecule has 0 aliphatic rings. The molecule has 41 heavy (non-hydrogen) atoms. The third kappa shape index (κ3) is 12.9. The number of nitrogens with one attached hydrogen (secondary N) is 1. The highest BCUT2D eigenvalue weighted by Gasteiger charge is 2.26. The van der Waals surface area contributed by atoms with Gasteiger partial charge in [0.05, 0.1) is 25.6 Å². The Morgan fingerprint density at radius 1 is 0.805 bits per heavy atom. The third-order valence-electron chi connectivity index (χ3n) is 7.02. The molecule has 10 nitrogen and oxygen atoms in total. The molecule has 0 heterocycles. The average Bonchev–Trinajstić information content (AvgIpc) is 2.92. The molecule has 0 amide bonds. The van der Waals surface area contributed by atoms with E-state index in [2.05, 4.69) is 12.2 Å². The number of benzene rings is 1. The summed E-state index contributed by atoms with van der Waals surface area (Å²) < 4.78 is 26.6. The maximum absolute atomic E-state index is 12.8. The van der Waals surface area contributed by atoms with Crippen molar-refractivity contribution in [2.45, 2.75) is 93.2 Å². The Morgan fingerprint density at radius 3 is 1.93 bits per heavy atom. The van der Waals surface area contributed by atoms with Crippen molar-refractivity contribution in [3.8, 4) is 11.5 Å². The second-order valence-corrected chi connectivity index (χ2v) is 11.1. The van der Waals surface area contributed by atoms with E-state index in [1.54, 1.807) is 39.0 Å². The van der Waals surface area contributed by atoms with Gasteiger partial charge in [-0.2, -0.15) is 0 Å². The van der Waals surface area contributed by atoms with Crippen molar-refractivity contribution in [2.75, 3.05) is 20.3 Å². The number of methoxy groups -OCH3 is 1. The Morgan fingerprint density at radius 2 is 1.39 bits per heavy atom. The van der Waals surface area contributed by atoms with Crippen LogP contribution in [0.3, 0.4) is 0 Å². The number of ether oxygens (including phenoxy) is 5. The molecule has 4 atom stereocenters. The van der Waals surface area contributed by atoms with Crippen LogP contribution in [-0.4, -0.2) is 56.5 Å². The van der Waals surface area contributed by atoms with Crippen LogP contribution < -0.4 is 14.8 Å². The molecule has 1 aromatic carbocycles. The van der Waals surface area contributed by atoms with Crippen LogP contribution in [0.15, 0.2) is 18.2 Å². The zero-order chi connectivity index (χ0) is 31.1. The van der Waals surface area contributed by atoms with Crippen LogP contribution in [-0.2, 0) is 35.0 Å². The highest BCUT2D eigenvalue weighted by Crippen LogP contribution is 2.31. The van der Waals surface area contributed by atoms with E-state index in [9.17, 15) is 19.2 Å². The Labute approximate surface area is 244 Å². The van der Waals surface area contributed by atoms with Gasteiger partial charge in [-0.25, -0.2) is 4.79 Å². The highest BCUT2D eigenvalue weighted by atomic mass is 16.7. The minimum absolute atomic E-state index is 0.0448. The van der Waals surface area contributed by atoms with E-state index >= 15 is 0 Å². The Kier molecular flexibility index (Phi) is 16.0. The van der Waals surface area contributed by atoms with Gasteiger partial charge in [-0.3, -0.25) is 14.4 Å². The molecule has 0 aliphatic carbocycles. The van der Waals surface area contributed by atoms with Crippen LogP contribution in [0.2, 0.25) is 0 Å². The summed E-state index contributed by atoms with van der Waals surface area (Å²) in [4.78, 5) is 49.9. The normalized spacial score (nSPS) is 14.1. The molecule has 0 saturated heterocycles. The first-order valence-electron chi connectivity index (χ1n) is 14.5. The van der Waals surface area contributed by atoms with Gasteiger partial charge in [0, 0.05) is 6.54 Å². The van der Waals surface area contributed by atoms with Gasteiger partial charge in [0.1, 0.15) is 12.1 Å². The molecular formula is C31H49NO9. The van der Waals surface area contributed by atoms with Crippen LogP contribution in [0.5, 0.6) is 11.5 Å². The summed E-state index contributed by atoms with van der Waals surface area (Å²) >= 11 is 0. The number of carbonyl (C=O) groups is 4. The lowest BCUT2D eigenvalue weighted by atomic mass is 9.98. The molecule has 232 valence electrons. The molecule has 1 aromatic rings. The predicted molar refractivity (Wildman–Crippen MR) is 155 cm³/mol. The van der Waals surface area contributed by atoms with E-state index in [-0.39, 0.29) is 48.1 Å². The number of hydrogen-bond donors (Lipinski definition) is 1. The standard InChI is InChI=1S/C31H49NO9/c1-10-11-12-15-38-31(36)39-21(6)18-32-25(30(35)37-9)16-24-13-14-26(40-28(33)22(7)19(2)3)27(17-24)41-29(34)23(8)20(4)5/h13-14,17,19-23,25,32H,10-12,15-16,18H2,1-9H3/t21?,22?,23?,25-/m0/s1. The molecule has 3 unspecified atom stereocenters. The largest absolute Gasteiger partial charge is 0.508 e.